The maximum atomic E-state index is 11.4. The van der Waals surface area contributed by atoms with E-state index < -0.39 is 0 Å². The van der Waals surface area contributed by atoms with Crippen LogP contribution in [0.15, 0.2) is 30.5 Å². The van der Waals surface area contributed by atoms with Crippen LogP contribution in [0.25, 0.3) is 10.9 Å². The van der Waals surface area contributed by atoms with Gasteiger partial charge in [-0.05, 0) is 18.2 Å². The molecule has 0 aliphatic rings. The summed E-state index contributed by atoms with van der Waals surface area (Å²) in [5, 5.41) is 1.05. The van der Waals surface area contributed by atoms with E-state index >= 15 is 0 Å². The maximum absolute atomic E-state index is 11.4. The van der Waals surface area contributed by atoms with Gasteiger partial charge in [0, 0.05) is 18.0 Å². The molecular formula is C13H15NO2. The van der Waals surface area contributed by atoms with Gasteiger partial charge in [-0.25, -0.2) is 0 Å². The van der Waals surface area contributed by atoms with Crippen LogP contribution in [0.2, 0.25) is 0 Å². The van der Waals surface area contributed by atoms with Gasteiger partial charge in [-0.2, -0.15) is 0 Å². The van der Waals surface area contributed by atoms with Gasteiger partial charge in [0.25, 0.3) is 0 Å². The lowest BCUT2D eigenvalue weighted by Crippen LogP contribution is -2.07. The van der Waals surface area contributed by atoms with Crippen LogP contribution in [0.5, 0.6) is 5.75 Å². The van der Waals surface area contributed by atoms with Crippen molar-refractivity contribution in [2.45, 2.75) is 19.9 Å². The number of hydrogen-bond acceptors (Lipinski definition) is 2. The maximum Gasteiger partial charge on any atom is 0.152 e. The Labute approximate surface area is 94.6 Å². The minimum atomic E-state index is 0.236. The molecule has 0 saturated carbocycles. The number of ketones is 1. The summed E-state index contributed by atoms with van der Waals surface area (Å²) in [7, 11) is 1.66. The lowest BCUT2D eigenvalue weighted by Gasteiger charge is -2.05. The third kappa shape index (κ3) is 1.81. The number of Topliss-reactive ketones (excluding diaryl/α,β-unsaturated/α-hetero) is 1. The normalized spacial score (nSPS) is 10.6. The fraction of sp³-hybridized carbons (Fsp3) is 0.308. The summed E-state index contributed by atoms with van der Waals surface area (Å²) in [6.45, 7) is 2.32. The van der Waals surface area contributed by atoms with Crippen LogP contribution in [0, 0.1) is 0 Å². The number of methoxy groups -OCH3 is 1. The van der Waals surface area contributed by atoms with Crippen molar-refractivity contribution in [1.29, 1.82) is 0 Å². The average molecular weight is 217 g/mol. The fourth-order valence-corrected chi connectivity index (χ4v) is 1.81. The van der Waals surface area contributed by atoms with E-state index in [1.807, 2.05) is 42.0 Å². The molecule has 0 unspecified atom stereocenters. The zero-order valence-electron chi connectivity index (χ0n) is 9.56. The molecule has 0 fully saturated rings. The first-order chi connectivity index (χ1) is 7.76. The molecule has 2 aromatic rings. The molecule has 0 saturated heterocycles. The monoisotopic (exact) mass is 217 g/mol. The van der Waals surface area contributed by atoms with E-state index in [4.69, 9.17) is 4.74 Å². The largest absolute Gasteiger partial charge is 0.496 e. The lowest BCUT2D eigenvalue weighted by molar-refractivity contribution is -0.119. The molecule has 0 amide bonds. The second kappa shape index (κ2) is 4.39. The highest BCUT2D eigenvalue weighted by Crippen LogP contribution is 2.26. The molecule has 2 rings (SSSR count). The standard InChI is InChI=1S/C13H15NO2/c1-3-10(15)9-14-8-7-11-12(14)5-4-6-13(11)16-2/h4-8H,3,9H2,1-2H3. The SMILES string of the molecule is CCC(=O)Cn1ccc2c(OC)cccc21. The molecule has 1 heterocycles. The van der Waals surface area contributed by atoms with Gasteiger partial charge in [-0.3, -0.25) is 4.79 Å². The molecule has 3 nitrogen and oxygen atoms in total. The zero-order chi connectivity index (χ0) is 11.5. The van der Waals surface area contributed by atoms with E-state index in [1.54, 1.807) is 7.11 Å². The highest BCUT2D eigenvalue weighted by molar-refractivity contribution is 5.88. The summed E-state index contributed by atoms with van der Waals surface area (Å²) < 4.78 is 7.24. The number of rotatable bonds is 4. The Morgan fingerprint density at radius 1 is 1.38 bits per heavy atom. The second-order valence-electron chi connectivity index (χ2n) is 3.73. The number of hydrogen-bond donors (Lipinski definition) is 0. The van der Waals surface area contributed by atoms with Crippen LogP contribution in [0.4, 0.5) is 0 Å². The number of carbonyl (C=O) groups excluding carboxylic acids is 1. The van der Waals surface area contributed by atoms with Crippen LogP contribution in [0.3, 0.4) is 0 Å². The van der Waals surface area contributed by atoms with Crippen LogP contribution < -0.4 is 4.74 Å². The molecule has 0 N–H and O–H groups in total. The predicted octanol–water partition coefficient (Wildman–Crippen LogP) is 2.63. The second-order valence-corrected chi connectivity index (χ2v) is 3.73. The van der Waals surface area contributed by atoms with E-state index in [9.17, 15) is 4.79 Å². The van der Waals surface area contributed by atoms with Crippen LogP contribution in [0.1, 0.15) is 13.3 Å². The number of benzene rings is 1. The molecule has 0 atom stereocenters. The predicted molar refractivity (Wildman–Crippen MR) is 63.8 cm³/mol. The molecule has 1 aromatic carbocycles. The molecule has 0 aliphatic heterocycles. The molecule has 0 spiro atoms. The summed E-state index contributed by atoms with van der Waals surface area (Å²) in [6.07, 6.45) is 2.50. The fourth-order valence-electron chi connectivity index (χ4n) is 1.81. The minimum absolute atomic E-state index is 0.236. The van der Waals surface area contributed by atoms with E-state index in [-0.39, 0.29) is 5.78 Å². The lowest BCUT2D eigenvalue weighted by atomic mass is 10.2. The van der Waals surface area contributed by atoms with Gasteiger partial charge in [0.1, 0.15) is 5.75 Å². The minimum Gasteiger partial charge on any atom is -0.496 e. The molecule has 16 heavy (non-hydrogen) atoms. The Hall–Kier alpha value is -1.77. The van der Waals surface area contributed by atoms with Crippen molar-refractivity contribution in [1.82, 2.24) is 4.57 Å². The summed E-state index contributed by atoms with van der Waals surface area (Å²) >= 11 is 0. The number of carbonyl (C=O) groups is 1. The number of fused-ring (bicyclic) bond motifs is 1. The quantitative estimate of drug-likeness (QED) is 0.788. The zero-order valence-corrected chi connectivity index (χ0v) is 9.56. The third-order valence-electron chi connectivity index (χ3n) is 2.73. The van der Waals surface area contributed by atoms with Crippen LogP contribution >= 0.6 is 0 Å². The van der Waals surface area contributed by atoms with Crippen molar-refractivity contribution in [3.63, 3.8) is 0 Å². The molecule has 1 aromatic heterocycles. The summed E-state index contributed by atoms with van der Waals surface area (Å²) in [4.78, 5) is 11.4. The highest BCUT2D eigenvalue weighted by Gasteiger charge is 2.07. The van der Waals surface area contributed by atoms with Crippen molar-refractivity contribution in [3.8, 4) is 5.75 Å². The first kappa shape index (κ1) is 10.7. The Morgan fingerprint density at radius 3 is 2.88 bits per heavy atom. The van der Waals surface area contributed by atoms with Gasteiger partial charge in [0.2, 0.25) is 0 Å². The first-order valence-corrected chi connectivity index (χ1v) is 5.39. The molecule has 0 radical (unpaired) electrons. The van der Waals surface area contributed by atoms with Crippen molar-refractivity contribution >= 4 is 16.7 Å². The summed E-state index contributed by atoms with van der Waals surface area (Å²) in [5.74, 6) is 1.08. The highest BCUT2D eigenvalue weighted by atomic mass is 16.5. The van der Waals surface area contributed by atoms with Crippen molar-refractivity contribution < 1.29 is 9.53 Å². The average Bonchev–Trinajstić information content (AvgIpc) is 2.72. The summed E-state index contributed by atoms with van der Waals surface area (Å²) in [6, 6.07) is 7.85. The Morgan fingerprint density at radius 2 is 2.19 bits per heavy atom. The molecule has 3 heteroatoms. The molecular weight excluding hydrogens is 202 g/mol. The van der Waals surface area contributed by atoms with Gasteiger partial charge in [0.05, 0.1) is 19.2 Å². The van der Waals surface area contributed by atoms with Crippen LogP contribution in [-0.2, 0) is 11.3 Å². The smallest absolute Gasteiger partial charge is 0.152 e. The van der Waals surface area contributed by atoms with Gasteiger partial charge >= 0.3 is 0 Å². The van der Waals surface area contributed by atoms with E-state index in [0.717, 1.165) is 16.7 Å². The Bertz CT molecular complexity index is 514. The van der Waals surface area contributed by atoms with Crippen LogP contribution in [-0.4, -0.2) is 17.5 Å². The Kier molecular flexibility index (Phi) is 2.95. The van der Waals surface area contributed by atoms with E-state index in [0.29, 0.717) is 13.0 Å². The number of ether oxygens (including phenoxy) is 1. The topological polar surface area (TPSA) is 31.2 Å². The Balaban J connectivity index is 2.45. The van der Waals surface area contributed by atoms with Gasteiger partial charge in [-0.1, -0.05) is 13.0 Å². The van der Waals surface area contributed by atoms with Crippen molar-refractivity contribution in [2.24, 2.45) is 0 Å². The van der Waals surface area contributed by atoms with Gasteiger partial charge < -0.3 is 9.30 Å². The van der Waals surface area contributed by atoms with E-state index in [1.165, 1.54) is 0 Å². The van der Waals surface area contributed by atoms with E-state index in [2.05, 4.69) is 0 Å². The molecule has 84 valence electrons. The van der Waals surface area contributed by atoms with Gasteiger partial charge in [0.15, 0.2) is 5.78 Å². The van der Waals surface area contributed by atoms with Crippen molar-refractivity contribution in [3.05, 3.63) is 30.5 Å². The number of nitrogens with zero attached hydrogens (tertiary/aromatic N) is 1. The summed E-state index contributed by atoms with van der Waals surface area (Å²) in [5.41, 5.74) is 1.04. The van der Waals surface area contributed by atoms with Crippen molar-refractivity contribution in [2.75, 3.05) is 7.11 Å². The third-order valence-corrected chi connectivity index (χ3v) is 2.73. The molecule has 0 bridgehead atoms. The first-order valence-electron chi connectivity index (χ1n) is 5.39. The van der Waals surface area contributed by atoms with Gasteiger partial charge in [-0.15, -0.1) is 0 Å². The number of aromatic nitrogens is 1. The molecule has 0 aliphatic carbocycles.